The molecule has 0 aliphatic heterocycles. The van der Waals surface area contributed by atoms with Gasteiger partial charge >= 0.3 is 5.76 Å². The quantitative estimate of drug-likeness (QED) is 0.620. The molecular formula is C7H5FN3O2+. The molecule has 5 nitrogen and oxygen atoms in total. The maximum absolute atomic E-state index is 12.5. The van der Waals surface area contributed by atoms with Gasteiger partial charge in [-0.1, -0.05) is 5.10 Å². The van der Waals surface area contributed by atoms with E-state index in [4.69, 9.17) is 0 Å². The predicted octanol–water partition coefficient (Wildman–Crippen LogP) is -0.221. The molecule has 2 rings (SSSR count). The summed E-state index contributed by atoms with van der Waals surface area (Å²) in [5.74, 6) is -1.01. The first-order valence-corrected chi connectivity index (χ1v) is 3.50. The van der Waals surface area contributed by atoms with Crippen LogP contribution in [0.2, 0.25) is 0 Å². The highest BCUT2D eigenvalue weighted by molar-refractivity contribution is 5.21. The largest absolute Gasteiger partial charge is 0.493 e. The number of nitrogens with zero attached hydrogens (tertiary/aromatic N) is 2. The lowest BCUT2D eigenvalue weighted by Gasteiger charge is -1.85. The van der Waals surface area contributed by atoms with Crippen molar-refractivity contribution in [2.24, 2.45) is 0 Å². The van der Waals surface area contributed by atoms with Crippen molar-refractivity contribution in [1.29, 1.82) is 0 Å². The van der Waals surface area contributed by atoms with E-state index in [1.807, 2.05) is 0 Å². The van der Waals surface area contributed by atoms with Gasteiger partial charge in [0, 0.05) is 12.1 Å². The minimum Gasteiger partial charge on any atom is -0.239 e. The number of rotatable bonds is 1. The first kappa shape index (κ1) is 7.66. The van der Waals surface area contributed by atoms with Crippen LogP contribution in [0.3, 0.4) is 0 Å². The number of hydrogen-bond acceptors (Lipinski definition) is 3. The summed E-state index contributed by atoms with van der Waals surface area (Å²) in [6, 6.07) is 5.45. The van der Waals surface area contributed by atoms with Gasteiger partial charge in [-0.05, 0) is 12.1 Å². The van der Waals surface area contributed by atoms with E-state index in [0.29, 0.717) is 5.69 Å². The van der Waals surface area contributed by atoms with Gasteiger partial charge in [-0.15, -0.1) is 0 Å². The van der Waals surface area contributed by atoms with Crippen LogP contribution in [-0.4, -0.2) is 10.4 Å². The minimum atomic E-state index is -0.663. The molecule has 66 valence electrons. The molecule has 0 amide bonds. The number of benzene rings is 1. The Kier molecular flexibility index (Phi) is 1.66. The van der Waals surface area contributed by atoms with Crippen molar-refractivity contribution in [1.82, 2.24) is 10.4 Å². The molecule has 0 aliphatic carbocycles. The van der Waals surface area contributed by atoms with Gasteiger partial charge in [0.05, 0.1) is 4.80 Å². The average Bonchev–Trinajstić information content (AvgIpc) is 2.53. The van der Waals surface area contributed by atoms with Gasteiger partial charge in [-0.3, -0.25) is 0 Å². The third-order valence-corrected chi connectivity index (χ3v) is 1.47. The van der Waals surface area contributed by atoms with Crippen molar-refractivity contribution in [3.8, 4) is 5.69 Å². The van der Waals surface area contributed by atoms with Gasteiger partial charge in [0.1, 0.15) is 5.82 Å². The van der Waals surface area contributed by atoms with Gasteiger partial charge in [0.2, 0.25) is 5.27 Å². The van der Waals surface area contributed by atoms with E-state index in [-0.39, 0.29) is 5.82 Å². The third kappa shape index (κ3) is 1.46. The molecule has 0 radical (unpaired) electrons. The molecule has 0 saturated heterocycles. The highest BCUT2D eigenvalue weighted by atomic mass is 19.1. The molecule has 1 N–H and O–H groups in total. The molecule has 0 fully saturated rings. The zero-order valence-corrected chi connectivity index (χ0v) is 6.40. The number of nitrogens with one attached hydrogen (secondary N) is 1. The molecule has 6 heteroatoms. The van der Waals surface area contributed by atoms with E-state index >= 15 is 0 Å². The lowest BCUT2D eigenvalue weighted by atomic mass is 10.3. The second kappa shape index (κ2) is 2.81. The minimum absolute atomic E-state index is 0.352. The molecule has 13 heavy (non-hydrogen) atoms. The maximum atomic E-state index is 12.5. The van der Waals surface area contributed by atoms with E-state index in [1.54, 1.807) is 0 Å². The molecule has 1 aromatic carbocycles. The zero-order valence-electron chi connectivity index (χ0n) is 6.40. The number of H-pyrrole nitrogens is 1. The second-order valence-electron chi connectivity index (χ2n) is 2.36. The summed E-state index contributed by atoms with van der Waals surface area (Å²) in [6.45, 7) is 0. The normalized spacial score (nSPS) is 10.2. The van der Waals surface area contributed by atoms with Crippen LogP contribution >= 0.6 is 0 Å². The van der Waals surface area contributed by atoms with Crippen LogP contribution in [0.1, 0.15) is 0 Å². The maximum Gasteiger partial charge on any atom is 0.493 e. The fourth-order valence-electron chi connectivity index (χ4n) is 0.899. The van der Waals surface area contributed by atoms with Crippen LogP contribution < -0.4 is 10.6 Å². The van der Waals surface area contributed by atoms with Crippen LogP contribution in [0.5, 0.6) is 0 Å². The van der Waals surface area contributed by atoms with Gasteiger partial charge in [-0.25, -0.2) is 13.7 Å². The summed E-state index contributed by atoms with van der Waals surface area (Å²) < 4.78 is 16.7. The van der Waals surface area contributed by atoms with Crippen LogP contribution in [0, 0.1) is 5.82 Å². The zero-order chi connectivity index (χ0) is 9.26. The average molecular weight is 182 g/mol. The first-order valence-electron chi connectivity index (χ1n) is 3.50. The number of hydrogen-bond donors (Lipinski definition) is 1. The Morgan fingerprint density at radius 3 is 2.62 bits per heavy atom. The van der Waals surface area contributed by atoms with Gasteiger partial charge in [0.15, 0.2) is 0 Å². The van der Waals surface area contributed by atoms with Crippen LogP contribution in [0.4, 0.5) is 4.39 Å². The standard InChI is InChI=1S/C7H4FN3O2/c8-5-1-3-6(4-2-5)11-9-7(12)13-10-11/h1-4H/p+1. The fourth-order valence-corrected chi connectivity index (χ4v) is 0.899. The van der Waals surface area contributed by atoms with E-state index in [0.717, 1.165) is 4.80 Å². The van der Waals surface area contributed by atoms with Crippen molar-refractivity contribution in [2.45, 2.75) is 0 Å². The topological polar surface area (TPSA) is 62.8 Å². The molecular weight excluding hydrogens is 177 g/mol. The van der Waals surface area contributed by atoms with Crippen molar-refractivity contribution in [3.63, 3.8) is 0 Å². The molecule has 2 aromatic rings. The fraction of sp³-hybridized carbons (Fsp3) is 0. The number of aromatic amines is 1. The third-order valence-electron chi connectivity index (χ3n) is 1.47. The highest BCUT2D eigenvalue weighted by Crippen LogP contribution is 1.99. The Balaban J connectivity index is 2.47. The van der Waals surface area contributed by atoms with E-state index in [1.165, 1.54) is 24.3 Å². The summed E-state index contributed by atoms with van der Waals surface area (Å²) in [4.78, 5) is 11.7. The number of aromatic nitrogens is 3. The molecule has 0 bridgehead atoms. The molecule has 0 aliphatic rings. The van der Waals surface area contributed by atoms with Gasteiger partial charge in [0.25, 0.3) is 5.69 Å². The van der Waals surface area contributed by atoms with Crippen molar-refractivity contribution < 1.29 is 13.7 Å². The molecule has 0 spiro atoms. The first-order chi connectivity index (χ1) is 6.25. The van der Waals surface area contributed by atoms with Crippen LogP contribution in [0.15, 0.2) is 33.6 Å². The van der Waals surface area contributed by atoms with Gasteiger partial charge in [-0.2, -0.15) is 0 Å². The van der Waals surface area contributed by atoms with E-state index in [9.17, 15) is 9.18 Å². The van der Waals surface area contributed by atoms with Crippen LogP contribution in [-0.2, 0) is 0 Å². The smallest absolute Gasteiger partial charge is 0.239 e. The van der Waals surface area contributed by atoms with Crippen molar-refractivity contribution >= 4 is 0 Å². The van der Waals surface area contributed by atoms with Gasteiger partial charge < -0.3 is 0 Å². The Hall–Kier alpha value is -1.98. The van der Waals surface area contributed by atoms with E-state index < -0.39 is 5.76 Å². The Labute approximate surface area is 71.4 Å². The monoisotopic (exact) mass is 182 g/mol. The summed E-state index contributed by atoms with van der Waals surface area (Å²) >= 11 is 0. The second-order valence-corrected chi connectivity index (χ2v) is 2.36. The van der Waals surface area contributed by atoms with Crippen molar-refractivity contribution in [2.75, 3.05) is 0 Å². The summed E-state index contributed by atoms with van der Waals surface area (Å²) in [5.41, 5.74) is 0.521. The molecule has 0 unspecified atom stereocenters. The summed E-state index contributed by atoms with van der Waals surface area (Å²) in [7, 11) is 0. The molecule has 1 aromatic heterocycles. The summed E-state index contributed by atoms with van der Waals surface area (Å²) in [6.07, 6.45) is 0. The Morgan fingerprint density at radius 2 is 2.08 bits per heavy atom. The lowest BCUT2D eigenvalue weighted by molar-refractivity contribution is -0.725. The highest BCUT2D eigenvalue weighted by Gasteiger charge is 2.11. The van der Waals surface area contributed by atoms with Crippen molar-refractivity contribution in [3.05, 3.63) is 40.6 Å². The van der Waals surface area contributed by atoms with E-state index in [2.05, 4.69) is 14.9 Å². The summed E-state index contributed by atoms with van der Waals surface area (Å²) in [5, 5.41) is 5.64. The Morgan fingerprint density at radius 1 is 1.38 bits per heavy atom. The predicted molar refractivity (Wildman–Crippen MR) is 38.6 cm³/mol. The molecule has 0 atom stereocenters. The number of halogens is 1. The van der Waals surface area contributed by atoms with Crippen LogP contribution in [0.25, 0.3) is 5.69 Å². The Bertz CT molecular complexity index is 459. The lowest BCUT2D eigenvalue weighted by Crippen LogP contribution is -2.37. The molecule has 0 saturated carbocycles. The SMILES string of the molecule is O=c1[nH][n+](-c2ccc(F)cc2)no1. The molecule has 1 heterocycles.